The van der Waals surface area contributed by atoms with Crippen LogP contribution in [-0.4, -0.2) is 35.4 Å². The van der Waals surface area contributed by atoms with E-state index in [0.717, 1.165) is 6.07 Å². The van der Waals surface area contributed by atoms with E-state index in [1.807, 2.05) is 0 Å². The maximum atomic E-state index is 13.0. The molecule has 3 N–H and O–H groups in total. The highest BCUT2D eigenvalue weighted by Crippen LogP contribution is 2.15. The van der Waals surface area contributed by atoms with Crippen molar-refractivity contribution in [2.45, 2.75) is 6.10 Å². The lowest BCUT2D eigenvalue weighted by Crippen LogP contribution is -2.33. The van der Waals surface area contributed by atoms with Gasteiger partial charge in [-0.25, -0.2) is 4.39 Å². The van der Waals surface area contributed by atoms with Gasteiger partial charge in [-0.15, -0.1) is 0 Å². The van der Waals surface area contributed by atoms with Crippen LogP contribution in [0.15, 0.2) is 18.2 Å². The van der Waals surface area contributed by atoms with Crippen molar-refractivity contribution in [1.29, 1.82) is 0 Å². The van der Waals surface area contributed by atoms with E-state index in [1.54, 1.807) is 0 Å². The molecule has 6 heteroatoms. The van der Waals surface area contributed by atoms with Gasteiger partial charge in [-0.1, -0.05) is 11.6 Å². The molecule has 0 radical (unpaired) electrons. The van der Waals surface area contributed by atoms with Crippen molar-refractivity contribution in [3.8, 4) is 0 Å². The monoisotopic (exact) mass is 247 g/mol. The van der Waals surface area contributed by atoms with Crippen molar-refractivity contribution >= 4 is 17.5 Å². The lowest BCUT2D eigenvalue weighted by atomic mass is 10.2. The van der Waals surface area contributed by atoms with E-state index in [0.29, 0.717) is 0 Å². The van der Waals surface area contributed by atoms with Crippen molar-refractivity contribution in [1.82, 2.24) is 5.32 Å². The number of nitrogens with one attached hydrogen (secondary N) is 1. The number of aliphatic hydroxyl groups excluding tert-OH is 2. The second-order valence-electron chi connectivity index (χ2n) is 3.18. The quantitative estimate of drug-likeness (QED) is 0.728. The molecule has 0 fully saturated rings. The minimum Gasteiger partial charge on any atom is -0.394 e. The summed E-state index contributed by atoms with van der Waals surface area (Å²) in [7, 11) is 0. The molecule has 4 nitrogen and oxygen atoms in total. The van der Waals surface area contributed by atoms with Crippen LogP contribution in [-0.2, 0) is 0 Å². The summed E-state index contributed by atoms with van der Waals surface area (Å²) in [6, 6.07) is 3.64. The first-order chi connectivity index (χ1) is 7.54. The van der Waals surface area contributed by atoms with Crippen LogP contribution in [0.25, 0.3) is 0 Å². The van der Waals surface area contributed by atoms with Gasteiger partial charge in [0.1, 0.15) is 5.82 Å². The third-order valence-corrected chi connectivity index (χ3v) is 2.20. The van der Waals surface area contributed by atoms with Gasteiger partial charge < -0.3 is 15.5 Å². The van der Waals surface area contributed by atoms with Crippen LogP contribution >= 0.6 is 11.6 Å². The van der Waals surface area contributed by atoms with E-state index in [2.05, 4.69) is 5.32 Å². The van der Waals surface area contributed by atoms with Crippen LogP contribution in [0.2, 0.25) is 5.02 Å². The number of amides is 1. The number of carbonyl (C=O) groups is 1. The van der Waals surface area contributed by atoms with E-state index < -0.39 is 24.4 Å². The average Bonchev–Trinajstić information content (AvgIpc) is 2.29. The molecule has 16 heavy (non-hydrogen) atoms. The summed E-state index contributed by atoms with van der Waals surface area (Å²) in [5, 5.41) is 19.8. The fourth-order valence-electron chi connectivity index (χ4n) is 1.01. The van der Waals surface area contributed by atoms with Crippen molar-refractivity contribution in [3.63, 3.8) is 0 Å². The lowest BCUT2D eigenvalue weighted by Gasteiger charge is -2.09. The Balaban J connectivity index is 2.63. The van der Waals surface area contributed by atoms with Gasteiger partial charge in [0.15, 0.2) is 0 Å². The summed E-state index contributed by atoms with van der Waals surface area (Å²) in [5.74, 6) is -1.22. The first kappa shape index (κ1) is 12.9. The summed E-state index contributed by atoms with van der Waals surface area (Å²) in [4.78, 5) is 11.4. The Bertz CT molecular complexity index is 386. The Labute approximate surface area is 96.7 Å². The number of hydrogen-bond donors (Lipinski definition) is 3. The first-order valence-electron chi connectivity index (χ1n) is 4.56. The van der Waals surface area contributed by atoms with Gasteiger partial charge in [0, 0.05) is 12.1 Å². The van der Waals surface area contributed by atoms with E-state index in [9.17, 15) is 9.18 Å². The second kappa shape index (κ2) is 5.79. The van der Waals surface area contributed by atoms with Gasteiger partial charge >= 0.3 is 0 Å². The van der Waals surface area contributed by atoms with Crippen LogP contribution in [0.4, 0.5) is 4.39 Å². The predicted octanol–water partition coefficient (Wildman–Crippen LogP) is 0.562. The fraction of sp³-hybridized carbons (Fsp3) is 0.300. The molecule has 0 heterocycles. The Morgan fingerprint density at radius 2 is 2.25 bits per heavy atom. The van der Waals surface area contributed by atoms with Crippen LogP contribution in [0.3, 0.4) is 0 Å². The van der Waals surface area contributed by atoms with Crippen LogP contribution in [0, 0.1) is 5.82 Å². The number of carbonyl (C=O) groups excluding carboxylic acids is 1. The van der Waals surface area contributed by atoms with Crippen molar-refractivity contribution in [2.24, 2.45) is 0 Å². The molecule has 1 rings (SSSR count). The Hall–Kier alpha value is -1.17. The zero-order chi connectivity index (χ0) is 12.1. The molecule has 88 valence electrons. The van der Waals surface area contributed by atoms with Gasteiger partial charge in [0.05, 0.1) is 17.7 Å². The zero-order valence-corrected chi connectivity index (χ0v) is 9.04. The normalized spacial score (nSPS) is 12.2. The second-order valence-corrected chi connectivity index (χ2v) is 3.58. The molecule has 1 atom stereocenters. The number of aliphatic hydroxyl groups is 2. The fourth-order valence-corrected chi connectivity index (χ4v) is 1.13. The zero-order valence-electron chi connectivity index (χ0n) is 8.28. The molecule has 0 bridgehead atoms. The summed E-state index contributed by atoms with van der Waals surface area (Å²) < 4.78 is 13.0. The minimum absolute atomic E-state index is 0.0630. The summed E-state index contributed by atoms with van der Waals surface area (Å²) in [6.45, 7) is -0.547. The number of rotatable bonds is 4. The van der Waals surface area contributed by atoms with Crippen molar-refractivity contribution in [2.75, 3.05) is 13.2 Å². The topological polar surface area (TPSA) is 69.6 Å². The molecular weight excluding hydrogens is 237 g/mol. The van der Waals surface area contributed by atoms with Crippen LogP contribution in [0.5, 0.6) is 0 Å². The van der Waals surface area contributed by atoms with E-state index in [-0.39, 0.29) is 17.1 Å². The van der Waals surface area contributed by atoms with Crippen molar-refractivity contribution in [3.05, 3.63) is 34.6 Å². The van der Waals surface area contributed by atoms with Gasteiger partial charge in [-0.3, -0.25) is 4.79 Å². The summed E-state index contributed by atoms with van der Waals surface area (Å²) in [5.41, 5.74) is 0.104. The molecule has 0 aliphatic rings. The maximum Gasteiger partial charge on any atom is 0.251 e. The molecule has 1 aromatic rings. The average molecular weight is 248 g/mol. The van der Waals surface area contributed by atoms with Crippen molar-refractivity contribution < 1.29 is 19.4 Å². The Morgan fingerprint density at radius 3 is 2.81 bits per heavy atom. The molecule has 0 aromatic heterocycles. The highest BCUT2D eigenvalue weighted by atomic mass is 35.5. The molecule has 1 unspecified atom stereocenters. The summed E-state index contributed by atoms with van der Waals surface area (Å²) >= 11 is 5.46. The van der Waals surface area contributed by atoms with Gasteiger partial charge in [-0.05, 0) is 18.2 Å². The highest BCUT2D eigenvalue weighted by Gasteiger charge is 2.10. The largest absolute Gasteiger partial charge is 0.394 e. The van der Waals surface area contributed by atoms with Gasteiger partial charge in [-0.2, -0.15) is 0 Å². The SMILES string of the molecule is O=C(NCC(O)CO)c1ccc(Cl)c(F)c1. The van der Waals surface area contributed by atoms with Crippen LogP contribution in [0.1, 0.15) is 10.4 Å². The Kier molecular flexibility index (Phi) is 4.67. The third-order valence-electron chi connectivity index (χ3n) is 1.89. The first-order valence-corrected chi connectivity index (χ1v) is 4.94. The molecule has 1 amide bonds. The maximum absolute atomic E-state index is 13.0. The molecule has 0 saturated heterocycles. The van der Waals surface area contributed by atoms with E-state index in [4.69, 9.17) is 21.8 Å². The molecule has 0 aliphatic carbocycles. The van der Waals surface area contributed by atoms with Gasteiger partial charge in [0.25, 0.3) is 5.91 Å². The molecule has 0 aliphatic heterocycles. The van der Waals surface area contributed by atoms with E-state index >= 15 is 0 Å². The smallest absolute Gasteiger partial charge is 0.251 e. The molecule has 0 spiro atoms. The number of benzene rings is 1. The molecule has 0 saturated carbocycles. The molecule has 1 aromatic carbocycles. The van der Waals surface area contributed by atoms with Crippen LogP contribution < -0.4 is 5.32 Å². The summed E-state index contributed by atoms with van der Waals surface area (Å²) in [6.07, 6.45) is -1.03. The van der Waals surface area contributed by atoms with Gasteiger partial charge in [0.2, 0.25) is 0 Å². The number of halogens is 2. The minimum atomic E-state index is -1.03. The van der Waals surface area contributed by atoms with E-state index in [1.165, 1.54) is 12.1 Å². The standard InChI is InChI=1S/C10H11ClFNO3/c11-8-2-1-6(3-9(8)12)10(16)13-4-7(15)5-14/h1-3,7,14-15H,4-5H2,(H,13,16). The highest BCUT2D eigenvalue weighted by molar-refractivity contribution is 6.30. The third kappa shape index (κ3) is 3.44. The lowest BCUT2D eigenvalue weighted by molar-refractivity contribution is 0.0801. The molecular formula is C10H11ClFNO3. The number of hydrogen-bond acceptors (Lipinski definition) is 3. The predicted molar refractivity (Wildman–Crippen MR) is 56.8 cm³/mol. The Morgan fingerprint density at radius 1 is 1.56 bits per heavy atom.